The molecule has 0 heterocycles. The maximum Gasteiger partial charge on any atom is 0.327 e. The Morgan fingerprint density at radius 3 is 2.50 bits per heavy atom. The Kier molecular flexibility index (Phi) is 7.32. The first-order chi connectivity index (χ1) is 7.35. The third-order valence-corrected chi connectivity index (χ3v) is 3.35. The van der Waals surface area contributed by atoms with Gasteiger partial charge in [-0.25, -0.2) is 0 Å². The SMILES string of the molecule is CCOC(O)/C(=N/NC(F)F)[C@@](C)(I)CC. The van der Waals surface area contributed by atoms with Gasteiger partial charge in [0, 0.05) is 6.61 Å². The summed E-state index contributed by atoms with van der Waals surface area (Å²) in [4.78, 5) is 0. The van der Waals surface area contributed by atoms with Crippen molar-refractivity contribution >= 4 is 28.3 Å². The summed E-state index contributed by atoms with van der Waals surface area (Å²) in [7, 11) is 0. The molecule has 0 rings (SSSR count). The van der Waals surface area contributed by atoms with E-state index in [1.165, 1.54) is 0 Å². The molecule has 0 bridgehead atoms. The largest absolute Gasteiger partial charge is 0.363 e. The van der Waals surface area contributed by atoms with Crippen LogP contribution in [0.4, 0.5) is 8.78 Å². The number of rotatable bonds is 7. The number of ether oxygens (including phenoxy) is 1. The fraction of sp³-hybridized carbons (Fsp3) is 0.889. The van der Waals surface area contributed by atoms with Crippen LogP contribution in [0.3, 0.4) is 0 Å². The number of hydrogen-bond donors (Lipinski definition) is 2. The van der Waals surface area contributed by atoms with Gasteiger partial charge in [0.25, 0.3) is 0 Å². The first-order valence-corrected chi connectivity index (χ1v) is 6.03. The van der Waals surface area contributed by atoms with Gasteiger partial charge in [0.05, 0.1) is 3.42 Å². The van der Waals surface area contributed by atoms with Gasteiger partial charge in [-0.05, 0) is 20.3 Å². The second-order valence-corrected chi connectivity index (χ2v) is 5.67. The molecule has 0 aromatic rings. The van der Waals surface area contributed by atoms with Gasteiger partial charge in [0.1, 0.15) is 5.71 Å². The average Bonchev–Trinajstić information content (AvgIpc) is 2.17. The van der Waals surface area contributed by atoms with E-state index in [0.717, 1.165) is 0 Å². The Bertz CT molecular complexity index is 238. The summed E-state index contributed by atoms with van der Waals surface area (Å²) in [6.07, 6.45) is -0.625. The molecule has 0 aliphatic rings. The van der Waals surface area contributed by atoms with E-state index in [9.17, 15) is 13.9 Å². The molecule has 0 spiro atoms. The molecule has 0 aliphatic carbocycles. The molecular formula is C9H17F2IN2O2. The number of nitrogens with zero attached hydrogens (tertiary/aromatic N) is 1. The normalized spacial score (nSPS) is 18.4. The smallest absolute Gasteiger partial charge is 0.327 e. The molecule has 16 heavy (non-hydrogen) atoms. The average molecular weight is 350 g/mol. The Hall–Kier alpha value is -0.0200. The molecule has 4 nitrogen and oxygen atoms in total. The zero-order valence-electron chi connectivity index (χ0n) is 9.51. The van der Waals surface area contributed by atoms with Crippen molar-refractivity contribution in [2.24, 2.45) is 5.10 Å². The minimum atomic E-state index is -2.76. The van der Waals surface area contributed by atoms with Crippen molar-refractivity contribution in [2.75, 3.05) is 6.61 Å². The number of aliphatic hydroxyl groups excluding tert-OH is 1. The van der Waals surface area contributed by atoms with Crippen molar-refractivity contribution < 1.29 is 18.6 Å². The van der Waals surface area contributed by atoms with Crippen molar-refractivity contribution in [2.45, 2.75) is 43.5 Å². The molecule has 7 heteroatoms. The Morgan fingerprint density at radius 2 is 2.12 bits per heavy atom. The van der Waals surface area contributed by atoms with E-state index in [2.05, 4.69) is 5.10 Å². The van der Waals surface area contributed by atoms with Gasteiger partial charge in [0.2, 0.25) is 0 Å². The minimum Gasteiger partial charge on any atom is -0.363 e. The lowest BCUT2D eigenvalue weighted by Crippen LogP contribution is -2.40. The fourth-order valence-electron chi connectivity index (χ4n) is 0.965. The van der Waals surface area contributed by atoms with E-state index in [1.807, 2.05) is 29.5 Å². The predicted molar refractivity (Wildman–Crippen MR) is 66.9 cm³/mol. The molecule has 0 aromatic heterocycles. The first-order valence-electron chi connectivity index (χ1n) is 4.95. The lowest BCUT2D eigenvalue weighted by Gasteiger charge is -2.26. The van der Waals surface area contributed by atoms with Gasteiger partial charge in [-0.1, -0.05) is 29.5 Å². The van der Waals surface area contributed by atoms with Crippen molar-refractivity contribution in [1.29, 1.82) is 0 Å². The van der Waals surface area contributed by atoms with E-state index in [4.69, 9.17) is 4.74 Å². The van der Waals surface area contributed by atoms with Gasteiger partial charge in [-0.15, -0.1) is 0 Å². The molecular weight excluding hydrogens is 333 g/mol. The molecule has 0 radical (unpaired) electrons. The molecule has 0 saturated carbocycles. The Morgan fingerprint density at radius 1 is 1.56 bits per heavy atom. The number of hydrazone groups is 1. The van der Waals surface area contributed by atoms with Crippen LogP contribution in [0, 0.1) is 0 Å². The molecule has 0 fully saturated rings. The number of nitrogens with one attached hydrogen (secondary N) is 1. The van der Waals surface area contributed by atoms with Gasteiger partial charge in [-0.3, -0.25) is 5.43 Å². The maximum absolute atomic E-state index is 12.0. The molecule has 0 saturated heterocycles. The quantitative estimate of drug-likeness (QED) is 0.185. The molecule has 2 N–H and O–H groups in total. The Balaban J connectivity index is 4.82. The summed E-state index contributed by atoms with van der Waals surface area (Å²) in [5, 5.41) is 13.2. The summed E-state index contributed by atoms with van der Waals surface area (Å²) in [5.74, 6) is 0. The van der Waals surface area contributed by atoms with E-state index in [0.29, 0.717) is 6.42 Å². The number of halogens is 3. The van der Waals surface area contributed by atoms with Crippen LogP contribution < -0.4 is 5.43 Å². The summed E-state index contributed by atoms with van der Waals surface area (Å²) >= 11 is 2.05. The molecule has 1 unspecified atom stereocenters. The second-order valence-electron chi connectivity index (χ2n) is 3.29. The lowest BCUT2D eigenvalue weighted by atomic mass is 10.0. The fourth-order valence-corrected chi connectivity index (χ4v) is 1.35. The van der Waals surface area contributed by atoms with Crippen LogP contribution in [-0.2, 0) is 4.74 Å². The predicted octanol–water partition coefficient (Wildman–Crippen LogP) is 2.11. The van der Waals surface area contributed by atoms with Crippen LogP contribution in [0.5, 0.6) is 0 Å². The third kappa shape index (κ3) is 5.35. The second kappa shape index (κ2) is 7.33. The van der Waals surface area contributed by atoms with Crippen LogP contribution in [0.25, 0.3) is 0 Å². The van der Waals surface area contributed by atoms with Crippen LogP contribution in [0.1, 0.15) is 27.2 Å². The summed E-state index contributed by atoms with van der Waals surface area (Å²) < 4.78 is 28.4. The standard InChI is InChI=1S/C9H17F2IN2O2/c1-4-9(3,12)6(7(15)16-5-2)13-14-8(10)11/h7-8,14-15H,4-5H2,1-3H3/b13-6-/t7?,9-/m0/s1. The maximum atomic E-state index is 12.0. The highest BCUT2D eigenvalue weighted by Crippen LogP contribution is 2.26. The highest BCUT2D eigenvalue weighted by atomic mass is 127. The van der Waals surface area contributed by atoms with Gasteiger partial charge in [0.15, 0.2) is 6.29 Å². The molecule has 96 valence electrons. The summed E-state index contributed by atoms with van der Waals surface area (Å²) in [6.45, 7) is 2.90. The van der Waals surface area contributed by atoms with Crippen molar-refractivity contribution in [3.8, 4) is 0 Å². The van der Waals surface area contributed by atoms with Gasteiger partial charge in [-0.2, -0.15) is 13.9 Å². The van der Waals surface area contributed by atoms with Crippen molar-refractivity contribution in [3.63, 3.8) is 0 Å². The zero-order valence-corrected chi connectivity index (χ0v) is 11.7. The van der Waals surface area contributed by atoms with E-state index in [1.54, 1.807) is 19.3 Å². The monoisotopic (exact) mass is 350 g/mol. The number of alkyl halides is 3. The van der Waals surface area contributed by atoms with Crippen LogP contribution >= 0.6 is 22.6 Å². The van der Waals surface area contributed by atoms with Crippen molar-refractivity contribution in [3.05, 3.63) is 0 Å². The Labute approximate surface area is 108 Å². The molecule has 0 amide bonds. The molecule has 0 aromatic carbocycles. The number of aliphatic hydroxyl groups is 1. The zero-order chi connectivity index (χ0) is 12.8. The molecule has 2 atom stereocenters. The third-order valence-electron chi connectivity index (χ3n) is 2.04. The summed E-state index contributed by atoms with van der Waals surface area (Å²) in [6, 6.07) is 0. The topological polar surface area (TPSA) is 53.9 Å². The minimum absolute atomic E-state index is 0.165. The molecule has 0 aliphatic heterocycles. The van der Waals surface area contributed by atoms with E-state index in [-0.39, 0.29) is 12.3 Å². The van der Waals surface area contributed by atoms with Crippen LogP contribution in [-0.4, -0.2) is 33.7 Å². The first kappa shape index (κ1) is 16.0. The lowest BCUT2D eigenvalue weighted by molar-refractivity contribution is -0.0466. The summed E-state index contributed by atoms with van der Waals surface area (Å²) in [5.41, 5.74) is 1.80. The van der Waals surface area contributed by atoms with Crippen LogP contribution in [0.2, 0.25) is 0 Å². The highest BCUT2D eigenvalue weighted by Gasteiger charge is 2.31. The van der Waals surface area contributed by atoms with Crippen molar-refractivity contribution in [1.82, 2.24) is 5.43 Å². The van der Waals surface area contributed by atoms with E-state index < -0.39 is 16.3 Å². The number of hydrogen-bond acceptors (Lipinski definition) is 4. The van der Waals surface area contributed by atoms with Gasteiger partial charge >= 0.3 is 6.55 Å². The van der Waals surface area contributed by atoms with E-state index >= 15 is 0 Å². The highest BCUT2D eigenvalue weighted by molar-refractivity contribution is 14.1. The van der Waals surface area contributed by atoms with Crippen LogP contribution in [0.15, 0.2) is 5.10 Å². The van der Waals surface area contributed by atoms with Gasteiger partial charge < -0.3 is 9.84 Å².